The van der Waals surface area contributed by atoms with Crippen LogP contribution in [-0.4, -0.2) is 22.8 Å². The molecule has 3 nitrogen and oxygen atoms in total. The van der Waals surface area contributed by atoms with E-state index in [0.717, 1.165) is 37.7 Å². The number of aromatic nitrogens is 1. The number of phenolic OH excluding ortho intramolecular Hbond substituents is 1. The van der Waals surface area contributed by atoms with Crippen molar-refractivity contribution in [1.29, 1.82) is 0 Å². The number of para-hydroxylation sites is 1. The molecule has 0 spiro atoms. The van der Waals surface area contributed by atoms with E-state index in [-0.39, 0.29) is 5.75 Å². The Morgan fingerprint density at radius 2 is 1.96 bits per heavy atom. The Hall–Kier alpha value is -1.87. The summed E-state index contributed by atoms with van der Waals surface area (Å²) in [6.45, 7) is 0.881. The lowest BCUT2D eigenvalue weighted by Gasteiger charge is -2.18. The molecule has 0 saturated carbocycles. The summed E-state index contributed by atoms with van der Waals surface area (Å²) in [5.41, 5.74) is 1.98. The molecule has 1 aliphatic carbocycles. The number of ether oxygens (including phenoxy) is 1. The van der Waals surface area contributed by atoms with Gasteiger partial charge in [-0.15, -0.1) is 0 Å². The van der Waals surface area contributed by atoms with Gasteiger partial charge in [-0.05, 0) is 69.1 Å². The normalized spacial score (nSPS) is 19.4. The van der Waals surface area contributed by atoms with Crippen LogP contribution in [-0.2, 0) is 11.2 Å². The summed E-state index contributed by atoms with van der Waals surface area (Å²) >= 11 is 0. The first-order valence-corrected chi connectivity index (χ1v) is 9.67. The molecule has 0 bridgehead atoms. The molecule has 0 aliphatic heterocycles. The van der Waals surface area contributed by atoms with Gasteiger partial charge in [0.15, 0.2) is 0 Å². The molecule has 1 heterocycles. The van der Waals surface area contributed by atoms with Gasteiger partial charge in [0.05, 0.1) is 6.10 Å². The maximum atomic E-state index is 9.92. The number of allylic oxidation sites excluding steroid dienone is 2. The number of nitrogens with zero attached hydrogens (tertiary/aromatic N) is 1. The van der Waals surface area contributed by atoms with Crippen molar-refractivity contribution in [1.82, 2.24) is 4.98 Å². The molecule has 1 atom stereocenters. The van der Waals surface area contributed by atoms with Crippen molar-refractivity contribution in [2.45, 2.75) is 63.9 Å². The number of fused-ring (bicyclic) bond motifs is 1. The highest BCUT2D eigenvalue weighted by molar-refractivity contribution is 5.86. The van der Waals surface area contributed by atoms with Gasteiger partial charge in [-0.2, -0.15) is 0 Å². The van der Waals surface area contributed by atoms with E-state index in [0.29, 0.717) is 11.6 Å². The summed E-state index contributed by atoms with van der Waals surface area (Å²) in [4.78, 5) is 4.29. The zero-order valence-corrected chi connectivity index (χ0v) is 15.0. The number of pyridine rings is 1. The summed E-state index contributed by atoms with van der Waals surface area (Å²) in [6, 6.07) is 7.70. The van der Waals surface area contributed by atoms with E-state index in [2.05, 4.69) is 23.2 Å². The van der Waals surface area contributed by atoms with Crippen LogP contribution in [0, 0.1) is 0 Å². The molecule has 1 aromatic carbocycles. The molecule has 3 heteroatoms. The number of aryl methyl sites for hydroxylation is 1. The number of hydrogen-bond acceptors (Lipinski definition) is 3. The van der Waals surface area contributed by atoms with Gasteiger partial charge in [0, 0.05) is 18.2 Å². The molecule has 1 N–H and O–H groups in total. The maximum Gasteiger partial charge on any atom is 0.141 e. The van der Waals surface area contributed by atoms with E-state index >= 15 is 0 Å². The zero-order chi connectivity index (χ0) is 17.3. The van der Waals surface area contributed by atoms with Gasteiger partial charge in [-0.3, -0.25) is 4.98 Å². The molecule has 0 saturated heterocycles. The summed E-state index contributed by atoms with van der Waals surface area (Å²) < 4.78 is 6.08. The van der Waals surface area contributed by atoms with Crippen LogP contribution >= 0.6 is 0 Å². The Bertz CT molecular complexity index is 695. The van der Waals surface area contributed by atoms with Gasteiger partial charge in [-0.1, -0.05) is 30.7 Å². The lowest BCUT2D eigenvalue weighted by molar-refractivity contribution is 0.0381. The van der Waals surface area contributed by atoms with Gasteiger partial charge in [-0.25, -0.2) is 0 Å². The Morgan fingerprint density at radius 3 is 2.92 bits per heavy atom. The van der Waals surface area contributed by atoms with E-state index in [1.807, 2.05) is 12.1 Å². The fraction of sp³-hybridized carbons (Fsp3) is 0.500. The predicted octanol–water partition coefficient (Wildman–Crippen LogP) is 5.56. The SMILES string of the molecule is Oc1cccc2c(CCCCCOC3CC/C=C\CCC3)ccnc12. The first kappa shape index (κ1) is 17.9. The van der Waals surface area contributed by atoms with Gasteiger partial charge in [0.2, 0.25) is 0 Å². The van der Waals surface area contributed by atoms with Crippen LogP contribution in [0.2, 0.25) is 0 Å². The number of rotatable bonds is 7. The number of hydrogen-bond donors (Lipinski definition) is 1. The van der Waals surface area contributed by atoms with E-state index in [1.54, 1.807) is 12.3 Å². The number of unbranched alkanes of at least 4 members (excludes halogenated alkanes) is 2. The van der Waals surface area contributed by atoms with Crippen molar-refractivity contribution in [3.05, 3.63) is 48.2 Å². The topological polar surface area (TPSA) is 42.4 Å². The summed E-state index contributed by atoms with van der Waals surface area (Å²) in [6.07, 6.45) is 17.3. The lowest BCUT2D eigenvalue weighted by atomic mass is 10.0. The van der Waals surface area contributed by atoms with Crippen LogP contribution in [0.5, 0.6) is 5.75 Å². The second kappa shape index (κ2) is 9.57. The predicted molar refractivity (Wildman–Crippen MR) is 103 cm³/mol. The molecule has 1 aliphatic rings. The minimum atomic E-state index is 0.266. The minimum absolute atomic E-state index is 0.266. The lowest BCUT2D eigenvalue weighted by Crippen LogP contribution is -2.14. The van der Waals surface area contributed by atoms with E-state index in [4.69, 9.17) is 4.74 Å². The highest BCUT2D eigenvalue weighted by Crippen LogP contribution is 2.25. The number of aromatic hydroxyl groups is 1. The third-order valence-electron chi connectivity index (χ3n) is 5.00. The molecule has 3 rings (SSSR count). The molecular weight excluding hydrogens is 310 g/mol. The molecular formula is C22H29NO2. The Morgan fingerprint density at radius 1 is 1.04 bits per heavy atom. The van der Waals surface area contributed by atoms with Crippen LogP contribution in [0.4, 0.5) is 0 Å². The van der Waals surface area contributed by atoms with Crippen molar-refractivity contribution in [3.63, 3.8) is 0 Å². The van der Waals surface area contributed by atoms with E-state index in [1.165, 1.54) is 37.7 Å². The van der Waals surface area contributed by atoms with Gasteiger partial charge in [0.25, 0.3) is 0 Å². The fourth-order valence-electron chi connectivity index (χ4n) is 3.57. The Kier molecular flexibility index (Phi) is 6.87. The molecule has 1 unspecified atom stereocenters. The number of phenols is 1. The number of benzene rings is 1. The minimum Gasteiger partial charge on any atom is -0.506 e. The molecule has 134 valence electrons. The second-order valence-corrected chi connectivity index (χ2v) is 6.93. The second-order valence-electron chi connectivity index (χ2n) is 6.93. The van der Waals surface area contributed by atoms with Crippen LogP contribution in [0.3, 0.4) is 0 Å². The third kappa shape index (κ3) is 5.30. The highest BCUT2D eigenvalue weighted by atomic mass is 16.5. The molecule has 0 radical (unpaired) electrons. The summed E-state index contributed by atoms with van der Waals surface area (Å²) in [5.74, 6) is 0.266. The van der Waals surface area contributed by atoms with Crippen molar-refractivity contribution in [3.8, 4) is 5.75 Å². The van der Waals surface area contributed by atoms with Gasteiger partial charge < -0.3 is 9.84 Å². The van der Waals surface area contributed by atoms with E-state index in [9.17, 15) is 5.11 Å². The van der Waals surface area contributed by atoms with Crippen molar-refractivity contribution in [2.24, 2.45) is 0 Å². The monoisotopic (exact) mass is 339 g/mol. The highest BCUT2D eigenvalue weighted by Gasteiger charge is 2.09. The summed E-state index contributed by atoms with van der Waals surface area (Å²) in [7, 11) is 0. The Balaban J connectivity index is 1.39. The van der Waals surface area contributed by atoms with E-state index < -0.39 is 0 Å². The van der Waals surface area contributed by atoms with Crippen LogP contribution in [0.15, 0.2) is 42.6 Å². The van der Waals surface area contributed by atoms with Crippen molar-refractivity contribution >= 4 is 10.9 Å². The summed E-state index contributed by atoms with van der Waals surface area (Å²) in [5, 5.41) is 11.0. The first-order valence-electron chi connectivity index (χ1n) is 9.67. The van der Waals surface area contributed by atoms with Gasteiger partial charge >= 0.3 is 0 Å². The molecule has 0 fully saturated rings. The van der Waals surface area contributed by atoms with Crippen LogP contribution < -0.4 is 0 Å². The maximum absolute atomic E-state index is 9.92. The third-order valence-corrected chi connectivity index (χ3v) is 5.00. The molecule has 25 heavy (non-hydrogen) atoms. The van der Waals surface area contributed by atoms with Crippen LogP contribution in [0.1, 0.15) is 56.9 Å². The van der Waals surface area contributed by atoms with Crippen molar-refractivity contribution in [2.75, 3.05) is 6.61 Å². The molecule has 0 amide bonds. The Labute approximate surface area is 150 Å². The quantitative estimate of drug-likeness (QED) is 0.530. The average molecular weight is 339 g/mol. The fourth-order valence-corrected chi connectivity index (χ4v) is 3.57. The standard InChI is InChI=1S/C22H29NO2/c24-21-14-9-13-20-18(15-16-23-22(20)21)10-5-4-8-17-25-19-11-6-2-1-3-7-12-19/h1-2,9,13-16,19,24H,3-8,10-12,17H2/b2-1-. The van der Waals surface area contributed by atoms with Crippen LogP contribution in [0.25, 0.3) is 10.9 Å². The molecule has 1 aromatic heterocycles. The van der Waals surface area contributed by atoms with Crippen molar-refractivity contribution < 1.29 is 9.84 Å². The molecule has 2 aromatic rings. The average Bonchev–Trinajstić information content (AvgIpc) is 2.60. The smallest absolute Gasteiger partial charge is 0.141 e. The van der Waals surface area contributed by atoms with Gasteiger partial charge in [0.1, 0.15) is 11.3 Å². The zero-order valence-electron chi connectivity index (χ0n) is 15.0. The largest absolute Gasteiger partial charge is 0.506 e. The first-order chi connectivity index (χ1) is 12.3.